The van der Waals surface area contributed by atoms with Crippen LogP contribution in [-0.4, -0.2) is 44.9 Å². The van der Waals surface area contributed by atoms with Crippen LogP contribution >= 0.6 is 11.8 Å². The zero-order chi connectivity index (χ0) is 13.6. The highest BCUT2D eigenvalue weighted by atomic mass is 32.2. The molecule has 4 nitrogen and oxygen atoms in total. The Kier molecular flexibility index (Phi) is 5.98. The summed E-state index contributed by atoms with van der Waals surface area (Å²) >= 11 is 1.63. The highest BCUT2D eigenvalue weighted by molar-refractivity contribution is 7.98. The van der Waals surface area contributed by atoms with Gasteiger partial charge in [-0.05, 0) is 37.4 Å². The predicted octanol–water partition coefficient (Wildman–Crippen LogP) is 2.10. The maximum absolute atomic E-state index is 12.2. The lowest BCUT2D eigenvalue weighted by Crippen LogP contribution is -2.29. The number of nitrogens with zero attached hydrogens (tertiary/aromatic N) is 1. The van der Waals surface area contributed by atoms with Gasteiger partial charge in [-0.3, -0.25) is 0 Å². The molecule has 1 aromatic carbocycles. The van der Waals surface area contributed by atoms with E-state index in [2.05, 4.69) is 5.32 Å². The van der Waals surface area contributed by atoms with Gasteiger partial charge in [0.25, 0.3) is 0 Å². The van der Waals surface area contributed by atoms with Gasteiger partial charge in [0.05, 0.1) is 4.90 Å². The van der Waals surface area contributed by atoms with E-state index in [1.54, 1.807) is 43.1 Å². The molecule has 18 heavy (non-hydrogen) atoms. The molecule has 102 valence electrons. The van der Waals surface area contributed by atoms with Gasteiger partial charge >= 0.3 is 0 Å². The summed E-state index contributed by atoms with van der Waals surface area (Å²) < 4.78 is 25.8. The van der Waals surface area contributed by atoms with Crippen LogP contribution in [0.25, 0.3) is 0 Å². The number of hydrogen-bond acceptors (Lipinski definition) is 4. The highest BCUT2D eigenvalue weighted by Gasteiger charge is 2.19. The fourth-order valence-corrected chi connectivity index (χ4v) is 3.21. The Morgan fingerprint density at radius 2 is 1.89 bits per heavy atom. The normalized spacial score (nSPS) is 11.8. The van der Waals surface area contributed by atoms with Crippen LogP contribution in [0, 0.1) is 0 Å². The van der Waals surface area contributed by atoms with Crippen molar-refractivity contribution in [3.63, 3.8) is 0 Å². The van der Waals surface area contributed by atoms with Gasteiger partial charge in [0.1, 0.15) is 0 Å². The fraction of sp³-hybridized carbons (Fsp3) is 0.500. The van der Waals surface area contributed by atoms with E-state index in [1.165, 1.54) is 4.31 Å². The van der Waals surface area contributed by atoms with Gasteiger partial charge in [-0.2, -0.15) is 11.8 Å². The lowest BCUT2D eigenvalue weighted by atomic mass is 10.3. The minimum Gasteiger partial charge on any atom is -0.385 e. The summed E-state index contributed by atoms with van der Waals surface area (Å²) in [6, 6.07) is 6.86. The van der Waals surface area contributed by atoms with Crippen molar-refractivity contribution < 1.29 is 8.42 Å². The Bertz CT molecular complexity index is 457. The molecule has 0 spiro atoms. The topological polar surface area (TPSA) is 49.4 Å². The zero-order valence-corrected chi connectivity index (χ0v) is 12.6. The molecule has 1 rings (SSSR count). The van der Waals surface area contributed by atoms with E-state index >= 15 is 0 Å². The minimum atomic E-state index is -3.35. The van der Waals surface area contributed by atoms with Gasteiger partial charge in [0.2, 0.25) is 10.0 Å². The summed E-state index contributed by atoms with van der Waals surface area (Å²) in [7, 11) is -1.74. The van der Waals surface area contributed by atoms with Crippen LogP contribution in [0.15, 0.2) is 29.2 Å². The van der Waals surface area contributed by atoms with Gasteiger partial charge in [-0.25, -0.2) is 12.7 Å². The van der Waals surface area contributed by atoms with E-state index in [1.807, 2.05) is 13.2 Å². The fourth-order valence-electron chi connectivity index (χ4n) is 1.47. The number of sulfonamides is 1. The molecule has 0 bridgehead atoms. The van der Waals surface area contributed by atoms with Crippen LogP contribution in [0.5, 0.6) is 0 Å². The number of hydrogen-bond donors (Lipinski definition) is 1. The summed E-state index contributed by atoms with van der Waals surface area (Å²) in [5.41, 5.74) is 0.934. The van der Waals surface area contributed by atoms with E-state index in [4.69, 9.17) is 0 Å². The average molecular weight is 288 g/mol. The quantitative estimate of drug-likeness (QED) is 0.835. The molecule has 0 saturated carbocycles. The number of thioether (sulfide) groups is 1. The molecule has 0 aromatic heterocycles. The van der Waals surface area contributed by atoms with E-state index in [0.29, 0.717) is 11.4 Å². The van der Waals surface area contributed by atoms with E-state index in [9.17, 15) is 8.42 Å². The average Bonchev–Trinajstić information content (AvgIpc) is 2.37. The van der Waals surface area contributed by atoms with Gasteiger partial charge in [-0.1, -0.05) is 0 Å². The smallest absolute Gasteiger partial charge is 0.242 e. The predicted molar refractivity (Wildman–Crippen MR) is 78.8 cm³/mol. The lowest BCUT2D eigenvalue weighted by molar-refractivity contribution is 0.488. The van der Waals surface area contributed by atoms with Gasteiger partial charge in [0, 0.05) is 31.6 Å². The molecule has 1 aromatic rings. The van der Waals surface area contributed by atoms with Crippen molar-refractivity contribution in [3.05, 3.63) is 24.3 Å². The lowest BCUT2D eigenvalue weighted by Gasteiger charge is -2.16. The summed E-state index contributed by atoms with van der Waals surface area (Å²) in [6.45, 7) is 3.35. The van der Waals surface area contributed by atoms with Crippen LogP contribution in [0.2, 0.25) is 0 Å². The second-order valence-electron chi connectivity index (χ2n) is 3.87. The molecule has 0 aliphatic rings. The second-order valence-corrected chi connectivity index (χ2v) is 6.90. The third-order valence-corrected chi connectivity index (χ3v) is 5.02. The zero-order valence-electron chi connectivity index (χ0n) is 11.0. The van der Waals surface area contributed by atoms with E-state index in [0.717, 1.165) is 18.0 Å². The molecule has 0 heterocycles. The highest BCUT2D eigenvalue weighted by Crippen LogP contribution is 2.17. The Labute approximate surface area is 114 Å². The van der Waals surface area contributed by atoms with Gasteiger partial charge in [-0.15, -0.1) is 0 Å². The number of rotatable bonds is 7. The third-order valence-electron chi connectivity index (χ3n) is 2.55. The van der Waals surface area contributed by atoms with Crippen molar-refractivity contribution >= 4 is 27.5 Å². The largest absolute Gasteiger partial charge is 0.385 e. The van der Waals surface area contributed by atoms with Crippen molar-refractivity contribution in [1.82, 2.24) is 4.31 Å². The molecular weight excluding hydrogens is 268 g/mol. The summed E-state index contributed by atoms with van der Waals surface area (Å²) in [5, 5.41) is 3.14. The molecule has 0 unspecified atom stereocenters. The van der Waals surface area contributed by atoms with Gasteiger partial charge in [0.15, 0.2) is 0 Å². The first-order chi connectivity index (χ1) is 8.52. The minimum absolute atomic E-state index is 0.341. The maximum atomic E-state index is 12.2. The van der Waals surface area contributed by atoms with Crippen LogP contribution in [0.3, 0.4) is 0 Å². The summed E-state index contributed by atoms with van der Waals surface area (Å²) in [6.07, 6.45) is 1.96. The van der Waals surface area contributed by atoms with Crippen molar-refractivity contribution in [2.75, 3.05) is 37.5 Å². The SMILES string of the molecule is CCNc1ccc(S(=O)(=O)N(C)CCSC)cc1. The Morgan fingerprint density at radius 3 is 2.39 bits per heavy atom. The number of nitrogens with one attached hydrogen (secondary N) is 1. The summed E-state index contributed by atoms with van der Waals surface area (Å²) in [5.74, 6) is 0.797. The Hall–Kier alpha value is -0.720. The van der Waals surface area contributed by atoms with Gasteiger partial charge < -0.3 is 5.32 Å². The Morgan fingerprint density at radius 1 is 1.28 bits per heavy atom. The molecule has 0 saturated heterocycles. The molecule has 0 amide bonds. The first-order valence-electron chi connectivity index (χ1n) is 5.81. The van der Waals surface area contributed by atoms with Crippen LogP contribution in [0.1, 0.15) is 6.92 Å². The molecule has 6 heteroatoms. The maximum Gasteiger partial charge on any atom is 0.242 e. The summed E-state index contributed by atoms with van der Waals surface area (Å²) in [4.78, 5) is 0.341. The van der Waals surface area contributed by atoms with E-state index < -0.39 is 10.0 Å². The molecule has 1 N–H and O–H groups in total. The molecule has 0 aliphatic carbocycles. The van der Waals surface area contributed by atoms with Crippen molar-refractivity contribution in [2.45, 2.75) is 11.8 Å². The second kappa shape index (κ2) is 7.01. The van der Waals surface area contributed by atoms with Crippen molar-refractivity contribution in [2.24, 2.45) is 0 Å². The molecule has 0 radical (unpaired) electrons. The number of anilines is 1. The first kappa shape index (κ1) is 15.3. The molecule has 0 atom stereocenters. The third kappa shape index (κ3) is 3.90. The molecular formula is C12H20N2O2S2. The van der Waals surface area contributed by atoms with Crippen LogP contribution < -0.4 is 5.32 Å². The van der Waals surface area contributed by atoms with Crippen molar-refractivity contribution in [3.8, 4) is 0 Å². The number of benzene rings is 1. The molecule has 0 aliphatic heterocycles. The Balaban J connectivity index is 2.84. The molecule has 0 fully saturated rings. The first-order valence-corrected chi connectivity index (χ1v) is 8.65. The van der Waals surface area contributed by atoms with Crippen molar-refractivity contribution in [1.29, 1.82) is 0 Å². The van der Waals surface area contributed by atoms with Crippen LogP contribution in [0.4, 0.5) is 5.69 Å². The van der Waals surface area contributed by atoms with E-state index in [-0.39, 0.29) is 0 Å². The standard InChI is InChI=1S/C12H20N2O2S2/c1-4-13-11-5-7-12(8-6-11)18(15,16)14(2)9-10-17-3/h5-8,13H,4,9-10H2,1-3H3. The monoisotopic (exact) mass is 288 g/mol. The van der Waals surface area contributed by atoms with Crippen LogP contribution in [-0.2, 0) is 10.0 Å².